The zero-order valence-electron chi connectivity index (χ0n) is 21.8. The zero-order chi connectivity index (χ0) is 27.0. The molecular weight excluding hydrogens is 522 g/mol. The molecular formula is C29H30ClN3O4S. The van der Waals surface area contributed by atoms with Crippen molar-refractivity contribution in [3.63, 3.8) is 0 Å². The molecule has 0 atom stereocenters. The number of hydrogen-bond acceptors (Lipinski definition) is 6. The Morgan fingerprint density at radius 3 is 2.53 bits per heavy atom. The van der Waals surface area contributed by atoms with Crippen molar-refractivity contribution in [1.82, 2.24) is 9.80 Å². The van der Waals surface area contributed by atoms with E-state index in [-0.39, 0.29) is 17.6 Å². The third-order valence-electron chi connectivity index (χ3n) is 7.04. The van der Waals surface area contributed by atoms with Crippen LogP contribution in [0.2, 0.25) is 5.02 Å². The van der Waals surface area contributed by atoms with Gasteiger partial charge in [-0.25, -0.2) is 0 Å². The number of carbonyl (C=O) groups is 3. The van der Waals surface area contributed by atoms with Gasteiger partial charge in [-0.15, -0.1) is 11.3 Å². The van der Waals surface area contributed by atoms with Gasteiger partial charge in [0.2, 0.25) is 0 Å². The number of thiophene rings is 1. The highest BCUT2D eigenvalue weighted by Crippen LogP contribution is 2.42. The molecule has 3 heterocycles. The Bertz CT molecular complexity index is 1410. The van der Waals surface area contributed by atoms with Crippen molar-refractivity contribution in [2.24, 2.45) is 0 Å². The number of hydrogen-bond donors (Lipinski definition) is 0. The van der Waals surface area contributed by atoms with Gasteiger partial charge in [0.15, 0.2) is 0 Å². The molecule has 0 saturated carbocycles. The fourth-order valence-electron chi connectivity index (χ4n) is 4.87. The normalized spacial score (nSPS) is 15.2. The highest BCUT2D eigenvalue weighted by Gasteiger charge is 2.26. The number of nitrogens with zero attached hydrogens (tertiary/aromatic N) is 3. The minimum absolute atomic E-state index is 0.0464. The van der Waals surface area contributed by atoms with Crippen LogP contribution in [-0.2, 0) is 17.6 Å². The fraction of sp³-hybridized carbons (Fsp3) is 0.345. The molecule has 0 aliphatic carbocycles. The van der Waals surface area contributed by atoms with Gasteiger partial charge in [0.1, 0.15) is 11.5 Å². The minimum atomic E-state index is -0.168. The number of Topliss-reactive ketones (excluding diaryl/α,β-unsaturated/α-hetero) is 1. The Morgan fingerprint density at radius 2 is 1.82 bits per heavy atom. The number of benzene rings is 2. The van der Waals surface area contributed by atoms with E-state index in [9.17, 15) is 14.4 Å². The van der Waals surface area contributed by atoms with E-state index in [0.717, 1.165) is 40.4 Å². The van der Waals surface area contributed by atoms with Gasteiger partial charge in [-0.1, -0.05) is 17.7 Å². The molecule has 7 nitrogen and oxygen atoms in total. The Labute approximate surface area is 231 Å². The Morgan fingerprint density at radius 1 is 1.05 bits per heavy atom. The Kier molecular flexibility index (Phi) is 7.56. The van der Waals surface area contributed by atoms with E-state index < -0.39 is 0 Å². The summed E-state index contributed by atoms with van der Waals surface area (Å²) in [5.74, 6) is 0.621. The maximum absolute atomic E-state index is 13.5. The first kappa shape index (κ1) is 26.4. The lowest BCUT2D eigenvalue weighted by Crippen LogP contribution is -2.47. The molecule has 0 bridgehead atoms. The maximum Gasteiger partial charge on any atom is 0.268 e. The molecule has 2 aliphatic heterocycles. The summed E-state index contributed by atoms with van der Waals surface area (Å²) in [7, 11) is 3.74. The molecule has 1 aromatic heterocycles. The van der Waals surface area contributed by atoms with Crippen molar-refractivity contribution >= 4 is 46.2 Å². The first-order valence-corrected chi connectivity index (χ1v) is 13.8. The van der Waals surface area contributed by atoms with Crippen LogP contribution in [0.5, 0.6) is 5.75 Å². The molecule has 3 aromatic rings. The summed E-state index contributed by atoms with van der Waals surface area (Å²) < 4.78 is 5.97. The van der Waals surface area contributed by atoms with Gasteiger partial charge in [-0.3, -0.25) is 14.4 Å². The summed E-state index contributed by atoms with van der Waals surface area (Å²) >= 11 is 8.02. The van der Waals surface area contributed by atoms with E-state index in [0.29, 0.717) is 53.7 Å². The van der Waals surface area contributed by atoms with Crippen LogP contribution < -0.4 is 9.64 Å². The molecule has 198 valence electrons. The van der Waals surface area contributed by atoms with Crippen molar-refractivity contribution in [2.75, 3.05) is 51.8 Å². The average Bonchev–Trinajstić information content (AvgIpc) is 3.24. The molecule has 38 heavy (non-hydrogen) atoms. The second kappa shape index (κ2) is 10.9. The first-order valence-electron chi connectivity index (χ1n) is 12.6. The number of amides is 2. The van der Waals surface area contributed by atoms with E-state index in [2.05, 4.69) is 4.90 Å². The monoisotopic (exact) mass is 551 g/mol. The van der Waals surface area contributed by atoms with Crippen LogP contribution in [0, 0.1) is 0 Å². The maximum atomic E-state index is 13.5. The molecule has 0 radical (unpaired) electrons. The highest BCUT2D eigenvalue weighted by molar-refractivity contribution is 7.17. The third kappa shape index (κ3) is 5.34. The van der Waals surface area contributed by atoms with Gasteiger partial charge in [-0.05, 0) is 61.5 Å². The SMILES string of the molecule is CC(=O)Cc1ccc2c(c1)OCCc1cc(C(=O)N(C)c3ccc(C(=O)N4CCN(C)CC4)cc3Cl)sc1-2. The number of likely N-dealkylation sites (N-methyl/N-ethyl adjacent to an activating group) is 1. The molecule has 9 heteroatoms. The topological polar surface area (TPSA) is 70.2 Å². The van der Waals surface area contributed by atoms with Gasteiger partial charge in [-0.2, -0.15) is 0 Å². The van der Waals surface area contributed by atoms with Crippen LogP contribution >= 0.6 is 22.9 Å². The fourth-order valence-corrected chi connectivity index (χ4v) is 6.39. The van der Waals surface area contributed by atoms with Crippen molar-refractivity contribution in [1.29, 1.82) is 0 Å². The van der Waals surface area contributed by atoms with E-state index in [1.54, 1.807) is 32.2 Å². The van der Waals surface area contributed by atoms with Crippen LogP contribution in [-0.4, -0.2) is 74.3 Å². The Hall–Kier alpha value is -3.20. The zero-order valence-corrected chi connectivity index (χ0v) is 23.3. The molecule has 2 aromatic carbocycles. The Balaban J connectivity index is 1.36. The van der Waals surface area contributed by atoms with Crippen LogP contribution in [0.3, 0.4) is 0 Å². The summed E-state index contributed by atoms with van der Waals surface area (Å²) in [6.07, 6.45) is 1.05. The summed E-state index contributed by atoms with van der Waals surface area (Å²) in [5, 5.41) is 0.357. The lowest BCUT2D eigenvalue weighted by atomic mass is 10.0. The van der Waals surface area contributed by atoms with Crippen molar-refractivity contribution in [3.05, 3.63) is 69.1 Å². The van der Waals surface area contributed by atoms with Gasteiger partial charge < -0.3 is 19.4 Å². The largest absolute Gasteiger partial charge is 0.493 e. The average molecular weight is 552 g/mol. The van der Waals surface area contributed by atoms with Crippen LogP contribution in [0.15, 0.2) is 42.5 Å². The van der Waals surface area contributed by atoms with Crippen LogP contribution in [0.1, 0.15) is 38.1 Å². The summed E-state index contributed by atoms with van der Waals surface area (Å²) in [4.78, 5) is 45.2. The number of piperazine rings is 1. The molecule has 5 rings (SSSR count). The van der Waals surface area contributed by atoms with Crippen molar-refractivity contribution < 1.29 is 19.1 Å². The number of ether oxygens (including phenoxy) is 1. The third-order valence-corrected chi connectivity index (χ3v) is 8.54. The second-order valence-electron chi connectivity index (χ2n) is 9.90. The number of ketones is 1. The number of halogens is 1. The molecule has 0 N–H and O–H groups in total. The predicted octanol–water partition coefficient (Wildman–Crippen LogP) is 4.80. The number of rotatable bonds is 5. The lowest BCUT2D eigenvalue weighted by Gasteiger charge is -2.32. The quantitative estimate of drug-likeness (QED) is 0.455. The summed E-state index contributed by atoms with van der Waals surface area (Å²) in [6, 6.07) is 12.9. The van der Waals surface area contributed by atoms with Gasteiger partial charge in [0.25, 0.3) is 11.8 Å². The van der Waals surface area contributed by atoms with Crippen LogP contribution in [0.25, 0.3) is 10.4 Å². The molecule has 0 unspecified atom stereocenters. The second-order valence-corrected chi connectivity index (χ2v) is 11.4. The number of carbonyl (C=O) groups excluding carboxylic acids is 3. The van der Waals surface area contributed by atoms with Gasteiger partial charge >= 0.3 is 0 Å². The van der Waals surface area contributed by atoms with E-state index in [1.165, 1.54) is 16.2 Å². The van der Waals surface area contributed by atoms with Gasteiger partial charge in [0, 0.05) is 62.1 Å². The van der Waals surface area contributed by atoms with Crippen molar-refractivity contribution in [2.45, 2.75) is 19.8 Å². The first-order chi connectivity index (χ1) is 18.2. The predicted molar refractivity (Wildman–Crippen MR) is 151 cm³/mol. The molecule has 2 aliphatic rings. The van der Waals surface area contributed by atoms with E-state index in [1.807, 2.05) is 36.2 Å². The number of anilines is 1. The standard InChI is InChI=1S/C29H30ClN3O4S/c1-18(34)14-19-4-6-22-25(15-19)37-13-8-20-17-26(38-27(20)22)29(36)32(3)24-7-5-21(16-23(24)30)28(35)33-11-9-31(2)10-12-33/h4-7,15-17H,8-14H2,1-3H3. The summed E-state index contributed by atoms with van der Waals surface area (Å²) in [5.41, 5.74) is 3.97. The van der Waals surface area contributed by atoms with E-state index >= 15 is 0 Å². The highest BCUT2D eigenvalue weighted by atomic mass is 35.5. The number of fused-ring (bicyclic) bond motifs is 3. The molecule has 2 amide bonds. The van der Waals surface area contributed by atoms with E-state index in [4.69, 9.17) is 16.3 Å². The minimum Gasteiger partial charge on any atom is -0.493 e. The lowest BCUT2D eigenvalue weighted by molar-refractivity contribution is -0.116. The molecule has 0 spiro atoms. The van der Waals surface area contributed by atoms with Crippen molar-refractivity contribution in [3.8, 4) is 16.2 Å². The molecule has 1 fully saturated rings. The van der Waals surface area contributed by atoms with Crippen LogP contribution in [0.4, 0.5) is 5.69 Å². The molecule has 1 saturated heterocycles. The smallest absolute Gasteiger partial charge is 0.268 e. The van der Waals surface area contributed by atoms with Gasteiger partial charge in [0.05, 0.1) is 22.2 Å². The summed E-state index contributed by atoms with van der Waals surface area (Å²) in [6.45, 7) is 5.12.